The van der Waals surface area contributed by atoms with Gasteiger partial charge in [0.05, 0.1) is 7.11 Å². The van der Waals surface area contributed by atoms with Gasteiger partial charge in [-0.2, -0.15) is 0 Å². The van der Waals surface area contributed by atoms with E-state index in [-0.39, 0.29) is 6.61 Å². The maximum atomic E-state index is 10.4. The van der Waals surface area contributed by atoms with Crippen LogP contribution in [-0.2, 0) is 19.0 Å². The molecule has 0 atom stereocenters. The molecule has 5 heteroatoms. The first-order valence-electron chi connectivity index (χ1n) is 2.48. The summed E-state index contributed by atoms with van der Waals surface area (Å²) in [7, 11) is 2.43. The predicted molar refractivity (Wildman–Crippen MR) is 30.4 cm³/mol. The van der Waals surface area contributed by atoms with Crippen LogP contribution in [0.15, 0.2) is 0 Å². The van der Waals surface area contributed by atoms with Crippen LogP contribution in [0.5, 0.6) is 0 Å². The van der Waals surface area contributed by atoms with Crippen molar-refractivity contribution in [3.05, 3.63) is 0 Å². The van der Waals surface area contributed by atoms with Crippen molar-refractivity contribution in [1.82, 2.24) is 0 Å². The number of esters is 1. The van der Waals surface area contributed by atoms with Crippen molar-refractivity contribution < 1.29 is 23.8 Å². The number of carbonyl (C=O) groups excluding carboxylic acids is 2. The average Bonchev–Trinajstić information content (AvgIpc) is 1.88. The van der Waals surface area contributed by atoms with Gasteiger partial charge in [0.2, 0.25) is 0 Å². The Balaban J connectivity index is 3.47. The molecule has 0 unspecified atom stereocenters. The standard InChI is InChI=1S/C5H8O5/c1-8-3-4(6)10-5(7)9-2/h3H2,1-2H3. The lowest BCUT2D eigenvalue weighted by Gasteiger charge is -1.98. The third-order valence-electron chi connectivity index (χ3n) is 0.626. The van der Waals surface area contributed by atoms with Crippen LogP contribution in [0.25, 0.3) is 0 Å². The minimum absolute atomic E-state index is 0.255. The lowest BCUT2D eigenvalue weighted by molar-refractivity contribution is -0.143. The summed E-state index contributed by atoms with van der Waals surface area (Å²) in [6.07, 6.45) is -1.03. The second-order valence-corrected chi connectivity index (χ2v) is 1.36. The summed E-state index contributed by atoms with van der Waals surface area (Å²) in [4.78, 5) is 20.5. The molecule has 0 rings (SSSR count). The zero-order chi connectivity index (χ0) is 7.98. The van der Waals surface area contributed by atoms with Crippen molar-refractivity contribution in [2.75, 3.05) is 20.8 Å². The summed E-state index contributed by atoms with van der Waals surface area (Å²) in [5.41, 5.74) is 0. The number of hydrogen-bond donors (Lipinski definition) is 0. The molecule has 0 aliphatic rings. The van der Waals surface area contributed by atoms with Crippen LogP contribution in [0.4, 0.5) is 4.79 Å². The molecule has 0 fully saturated rings. The number of hydrogen-bond acceptors (Lipinski definition) is 5. The highest BCUT2D eigenvalue weighted by molar-refractivity contribution is 5.82. The SMILES string of the molecule is COCC(=O)OC(=O)OC. The molecular formula is C5H8O5. The molecule has 0 aliphatic heterocycles. The molecule has 0 amide bonds. The summed E-state index contributed by atoms with van der Waals surface area (Å²) in [5.74, 6) is -0.769. The van der Waals surface area contributed by atoms with Gasteiger partial charge >= 0.3 is 12.1 Å². The Kier molecular flexibility index (Phi) is 4.23. The molecule has 0 heterocycles. The Labute approximate surface area is 57.9 Å². The molecule has 0 spiro atoms. The zero-order valence-electron chi connectivity index (χ0n) is 5.75. The van der Waals surface area contributed by atoms with E-state index in [1.165, 1.54) is 7.11 Å². The lowest BCUT2D eigenvalue weighted by Crippen LogP contribution is -2.16. The maximum absolute atomic E-state index is 10.4. The van der Waals surface area contributed by atoms with Crippen molar-refractivity contribution in [3.63, 3.8) is 0 Å². The van der Waals surface area contributed by atoms with Crippen molar-refractivity contribution in [2.45, 2.75) is 0 Å². The van der Waals surface area contributed by atoms with Crippen LogP contribution in [0.3, 0.4) is 0 Å². The van der Waals surface area contributed by atoms with Crippen LogP contribution in [-0.4, -0.2) is 33.0 Å². The minimum atomic E-state index is -1.03. The first kappa shape index (κ1) is 8.90. The fourth-order valence-electron chi connectivity index (χ4n) is 0.282. The van der Waals surface area contributed by atoms with Crippen molar-refractivity contribution in [3.8, 4) is 0 Å². The van der Waals surface area contributed by atoms with Gasteiger partial charge in [-0.25, -0.2) is 9.59 Å². The highest BCUT2D eigenvalue weighted by atomic mass is 16.7. The van der Waals surface area contributed by atoms with Crippen LogP contribution in [0.2, 0.25) is 0 Å². The molecule has 0 aromatic heterocycles. The summed E-state index contributed by atoms with van der Waals surface area (Å²) >= 11 is 0. The fraction of sp³-hybridized carbons (Fsp3) is 0.600. The molecule has 5 nitrogen and oxygen atoms in total. The van der Waals surface area contributed by atoms with Crippen LogP contribution < -0.4 is 0 Å². The Bertz CT molecular complexity index is 130. The quantitative estimate of drug-likeness (QED) is 0.405. The van der Waals surface area contributed by atoms with E-state index in [1.807, 2.05) is 0 Å². The molecule has 0 aliphatic carbocycles. The van der Waals surface area contributed by atoms with Gasteiger partial charge in [0.25, 0.3) is 0 Å². The normalized spacial score (nSPS) is 8.60. The number of methoxy groups -OCH3 is 2. The first-order valence-corrected chi connectivity index (χ1v) is 2.48. The number of carbonyl (C=O) groups is 2. The van der Waals surface area contributed by atoms with Gasteiger partial charge in [-0.05, 0) is 0 Å². The van der Waals surface area contributed by atoms with Gasteiger partial charge in [-0.15, -0.1) is 0 Å². The molecular weight excluding hydrogens is 140 g/mol. The van der Waals surface area contributed by atoms with Crippen molar-refractivity contribution >= 4 is 12.1 Å². The predicted octanol–water partition coefficient (Wildman–Crippen LogP) is -0.0576. The van der Waals surface area contributed by atoms with Crippen molar-refractivity contribution in [2.24, 2.45) is 0 Å². The summed E-state index contributed by atoms with van der Waals surface area (Å²) in [5, 5.41) is 0. The molecule has 0 saturated carbocycles. The largest absolute Gasteiger partial charge is 0.515 e. The zero-order valence-corrected chi connectivity index (χ0v) is 5.75. The van der Waals surface area contributed by atoms with Gasteiger partial charge in [0.15, 0.2) is 0 Å². The van der Waals surface area contributed by atoms with Gasteiger partial charge < -0.3 is 14.2 Å². The molecule has 0 bridgehead atoms. The van der Waals surface area contributed by atoms with E-state index in [0.29, 0.717) is 0 Å². The van der Waals surface area contributed by atoms with E-state index < -0.39 is 12.1 Å². The van der Waals surface area contributed by atoms with Gasteiger partial charge in [-0.1, -0.05) is 0 Å². The Morgan fingerprint density at radius 3 is 2.30 bits per heavy atom. The van der Waals surface area contributed by atoms with E-state index in [0.717, 1.165) is 7.11 Å². The Hall–Kier alpha value is -1.10. The van der Waals surface area contributed by atoms with E-state index >= 15 is 0 Å². The molecule has 58 valence electrons. The number of ether oxygens (including phenoxy) is 3. The smallest absolute Gasteiger partial charge is 0.437 e. The average molecular weight is 148 g/mol. The first-order chi connectivity index (χ1) is 4.70. The van der Waals surface area contributed by atoms with Crippen molar-refractivity contribution in [1.29, 1.82) is 0 Å². The van der Waals surface area contributed by atoms with E-state index in [2.05, 4.69) is 14.2 Å². The monoisotopic (exact) mass is 148 g/mol. The van der Waals surface area contributed by atoms with E-state index in [9.17, 15) is 9.59 Å². The van der Waals surface area contributed by atoms with Gasteiger partial charge in [0.1, 0.15) is 6.61 Å². The third kappa shape index (κ3) is 3.85. The van der Waals surface area contributed by atoms with Crippen LogP contribution >= 0.6 is 0 Å². The van der Waals surface area contributed by atoms with E-state index in [1.54, 1.807) is 0 Å². The summed E-state index contributed by atoms with van der Waals surface area (Å²) in [6.45, 7) is -0.255. The molecule has 0 radical (unpaired) electrons. The highest BCUT2D eigenvalue weighted by Crippen LogP contribution is 1.83. The van der Waals surface area contributed by atoms with Crippen LogP contribution in [0, 0.1) is 0 Å². The maximum Gasteiger partial charge on any atom is 0.515 e. The molecule has 0 aromatic rings. The van der Waals surface area contributed by atoms with Crippen LogP contribution in [0.1, 0.15) is 0 Å². The molecule has 0 saturated heterocycles. The molecule has 0 N–H and O–H groups in total. The third-order valence-corrected chi connectivity index (χ3v) is 0.626. The van der Waals surface area contributed by atoms with E-state index in [4.69, 9.17) is 0 Å². The summed E-state index contributed by atoms with van der Waals surface area (Å²) < 4.78 is 12.4. The van der Waals surface area contributed by atoms with Gasteiger partial charge in [-0.3, -0.25) is 0 Å². The minimum Gasteiger partial charge on any atom is -0.437 e. The highest BCUT2D eigenvalue weighted by Gasteiger charge is 2.08. The molecule has 0 aromatic carbocycles. The Morgan fingerprint density at radius 1 is 1.30 bits per heavy atom. The Morgan fingerprint density at radius 2 is 1.90 bits per heavy atom. The number of rotatable bonds is 2. The molecule has 10 heavy (non-hydrogen) atoms. The second kappa shape index (κ2) is 4.75. The topological polar surface area (TPSA) is 61.8 Å². The lowest BCUT2D eigenvalue weighted by atomic mass is 10.7. The van der Waals surface area contributed by atoms with Gasteiger partial charge in [0, 0.05) is 7.11 Å². The summed E-state index contributed by atoms with van der Waals surface area (Å²) in [6, 6.07) is 0. The second-order valence-electron chi connectivity index (χ2n) is 1.36. The fourth-order valence-corrected chi connectivity index (χ4v) is 0.282.